The van der Waals surface area contributed by atoms with Gasteiger partial charge in [-0.25, -0.2) is 4.79 Å². The molecule has 1 aromatic heterocycles. The van der Waals surface area contributed by atoms with Crippen molar-refractivity contribution >= 4 is 7.82 Å². The number of hydrogen-bond acceptors (Lipinski definition) is 13. The Bertz CT molecular complexity index is 970. The van der Waals surface area contributed by atoms with Gasteiger partial charge in [-0.15, -0.1) is 0 Å². The normalized spacial score (nSPS) is 36.2. The van der Waals surface area contributed by atoms with Gasteiger partial charge < -0.3 is 44.4 Å². The third-order valence-corrected chi connectivity index (χ3v) is 6.07. The maximum absolute atomic E-state index is 12.1. The number of aliphatic hydroxyl groups is 5. The Balaban J connectivity index is 0.00000385. The molecule has 6 N–H and O–H groups in total. The van der Waals surface area contributed by atoms with Gasteiger partial charge in [0.1, 0.15) is 36.7 Å². The summed E-state index contributed by atoms with van der Waals surface area (Å²) in [5.74, 6) is 0. The molecule has 2 aliphatic rings. The van der Waals surface area contributed by atoms with Crippen LogP contribution in [0.15, 0.2) is 15.8 Å². The predicted molar refractivity (Wildman–Crippen MR) is 99.0 cm³/mol. The molecule has 0 bridgehead atoms. The van der Waals surface area contributed by atoms with Gasteiger partial charge >= 0.3 is 24.6 Å². The number of nitrogens with one attached hydrogen (secondary N) is 1. The Labute approximate surface area is 198 Å². The molecule has 9 atom stereocenters. The second-order valence-corrected chi connectivity index (χ2v) is 8.82. The second kappa shape index (κ2) is 11.2. The summed E-state index contributed by atoms with van der Waals surface area (Å²) >= 11 is 0. The van der Waals surface area contributed by atoms with Crippen molar-refractivity contribution in [2.75, 3.05) is 13.2 Å². The van der Waals surface area contributed by atoms with E-state index in [2.05, 4.69) is 14.0 Å². The van der Waals surface area contributed by atoms with E-state index in [1.54, 1.807) is 0 Å². The topological polar surface area (TPSA) is 233 Å². The van der Waals surface area contributed by atoms with Crippen molar-refractivity contribution in [2.45, 2.75) is 62.5 Å². The summed E-state index contributed by atoms with van der Waals surface area (Å²) in [5.41, 5.74) is -1.14. The quantitative estimate of drug-likeness (QED) is 0.154. The minimum Gasteiger partial charge on any atom is -0.756 e. The Morgan fingerprint density at radius 2 is 1.85 bits per heavy atom. The van der Waals surface area contributed by atoms with Crippen molar-refractivity contribution in [2.24, 2.45) is 0 Å². The van der Waals surface area contributed by atoms with Crippen molar-refractivity contribution in [3.63, 3.8) is 0 Å². The van der Waals surface area contributed by atoms with Gasteiger partial charge in [0, 0.05) is 18.2 Å². The molecule has 0 aliphatic carbocycles. The van der Waals surface area contributed by atoms with E-state index in [9.17, 15) is 39.5 Å². The zero-order valence-corrected chi connectivity index (χ0v) is 18.6. The number of phosphoric acid groups is 1. The van der Waals surface area contributed by atoms with Crippen LogP contribution < -0.4 is 35.0 Å². The third kappa shape index (κ3) is 6.41. The van der Waals surface area contributed by atoms with Gasteiger partial charge in [-0.2, -0.15) is 0 Å². The van der Waals surface area contributed by atoms with Crippen LogP contribution in [0, 0.1) is 6.92 Å². The van der Waals surface area contributed by atoms with Crippen molar-refractivity contribution in [3.8, 4) is 0 Å². The van der Waals surface area contributed by atoms with Crippen molar-refractivity contribution < 1.29 is 72.4 Å². The number of ether oxygens (including phenoxy) is 2. The Kier molecular flexibility index (Phi) is 9.65. The van der Waals surface area contributed by atoms with E-state index in [1.807, 2.05) is 0 Å². The molecule has 15 nitrogen and oxygen atoms in total. The summed E-state index contributed by atoms with van der Waals surface area (Å²) in [7, 11) is -5.19. The molecule has 0 amide bonds. The number of aryl methyl sites for hydroxylation is 1. The molecule has 2 fully saturated rings. The molecule has 0 aromatic carbocycles. The SMILES string of the molecule is Cc1cn([C@H]2C[C@H](O)[C@@H](COP(=O)([O-])O[C@H]3O[C@H](CO)[C@@H](O)[C@H](O)[C@H]3O)O2)c(=O)[nH]c1=O.[Li+]. The number of H-pyrrole nitrogens is 1. The van der Waals surface area contributed by atoms with Crippen LogP contribution in [0.25, 0.3) is 0 Å². The van der Waals surface area contributed by atoms with E-state index in [0.717, 1.165) is 4.57 Å². The van der Waals surface area contributed by atoms with Gasteiger partial charge in [0.25, 0.3) is 13.4 Å². The van der Waals surface area contributed by atoms with E-state index < -0.39 is 81.4 Å². The van der Waals surface area contributed by atoms with Gasteiger partial charge in [0.15, 0.2) is 6.29 Å². The van der Waals surface area contributed by atoms with E-state index in [-0.39, 0.29) is 30.8 Å². The summed E-state index contributed by atoms with van der Waals surface area (Å²) in [5, 5.41) is 48.5. The van der Waals surface area contributed by atoms with E-state index >= 15 is 0 Å². The average Bonchev–Trinajstić information content (AvgIpc) is 3.10. The van der Waals surface area contributed by atoms with Gasteiger partial charge in [-0.05, 0) is 6.92 Å². The average molecular weight is 490 g/mol. The van der Waals surface area contributed by atoms with E-state index in [4.69, 9.17) is 14.6 Å². The summed E-state index contributed by atoms with van der Waals surface area (Å²) in [6, 6.07) is 0. The maximum Gasteiger partial charge on any atom is 1.00 e. The minimum absolute atomic E-state index is 0. The van der Waals surface area contributed by atoms with Crippen LogP contribution in [0.3, 0.4) is 0 Å². The number of hydrogen-bond donors (Lipinski definition) is 6. The number of aromatic amines is 1. The molecule has 182 valence electrons. The largest absolute Gasteiger partial charge is 1.00 e. The molecule has 3 heterocycles. The van der Waals surface area contributed by atoms with Crippen LogP contribution in [0.5, 0.6) is 0 Å². The molecular formula is C16H24LiN2O13P. The number of nitrogens with zero attached hydrogens (tertiary/aromatic N) is 1. The van der Waals surface area contributed by atoms with Crippen LogP contribution in [-0.2, 0) is 23.1 Å². The van der Waals surface area contributed by atoms with Gasteiger partial charge in [0.2, 0.25) is 0 Å². The molecule has 2 saturated heterocycles. The van der Waals surface area contributed by atoms with Gasteiger partial charge in [-0.3, -0.25) is 23.4 Å². The molecule has 17 heteroatoms. The second-order valence-electron chi connectivity index (χ2n) is 7.46. The third-order valence-electron chi connectivity index (χ3n) is 5.14. The Morgan fingerprint density at radius 3 is 2.48 bits per heavy atom. The fraction of sp³-hybridized carbons (Fsp3) is 0.750. The molecular weight excluding hydrogens is 466 g/mol. The number of phosphoric ester groups is 1. The standard InChI is InChI=1S/C16H25N2O13P.Li/c1-6-3-18(16(25)17-14(6)24)10-2-7(20)9(29-10)5-28-32(26,27)31-15-13(23)12(22)11(21)8(4-19)30-15;/h3,7-13,15,19-23H,2,4-5H2,1H3,(H,26,27)(H,17,24,25);/q;+1/p-1/t7-,8+,9+,10+,11+,12-,13+,15+;/m0./s1. The van der Waals surface area contributed by atoms with E-state index in [1.165, 1.54) is 13.1 Å². The van der Waals surface area contributed by atoms with Crippen LogP contribution in [0.4, 0.5) is 0 Å². The Hall–Kier alpha value is -0.893. The number of aliphatic hydroxyl groups excluding tert-OH is 5. The summed E-state index contributed by atoms with van der Waals surface area (Å²) in [4.78, 5) is 37.7. The summed E-state index contributed by atoms with van der Waals surface area (Å²) in [6.45, 7) is -0.0559. The molecule has 3 rings (SSSR count). The van der Waals surface area contributed by atoms with E-state index in [0.29, 0.717) is 0 Å². The molecule has 33 heavy (non-hydrogen) atoms. The Morgan fingerprint density at radius 1 is 1.18 bits per heavy atom. The first-order valence-electron chi connectivity index (χ1n) is 9.53. The first kappa shape index (κ1) is 28.3. The molecule has 2 aliphatic heterocycles. The van der Waals surface area contributed by atoms with Gasteiger partial charge in [-0.1, -0.05) is 0 Å². The molecule has 1 aromatic rings. The maximum atomic E-state index is 12.1. The smallest absolute Gasteiger partial charge is 0.756 e. The zero-order valence-electron chi connectivity index (χ0n) is 17.7. The molecule has 0 saturated carbocycles. The van der Waals surface area contributed by atoms with Crippen molar-refractivity contribution in [3.05, 3.63) is 32.6 Å². The molecule has 0 radical (unpaired) electrons. The monoisotopic (exact) mass is 490 g/mol. The zero-order chi connectivity index (χ0) is 23.8. The van der Waals surface area contributed by atoms with Crippen molar-refractivity contribution in [1.29, 1.82) is 0 Å². The van der Waals surface area contributed by atoms with Crippen molar-refractivity contribution in [1.82, 2.24) is 9.55 Å². The minimum atomic E-state index is -5.19. The van der Waals surface area contributed by atoms with Crippen LogP contribution in [0.2, 0.25) is 0 Å². The number of rotatable bonds is 7. The predicted octanol–water partition coefficient (Wildman–Crippen LogP) is -7.20. The fourth-order valence-electron chi connectivity index (χ4n) is 3.31. The molecule has 0 spiro atoms. The first-order chi connectivity index (χ1) is 14.9. The van der Waals surface area contributed by atoms with Gasteiger partial charge in [0.05, 0.1) is 19.3 Å². The van der Waals surface area contributed by atoms with Crippen LogP contribution >= 0.6 is 7.82 Å². The van der Waals surface area contributed by atoms with Crippen LogP contribution in [-0.4, -0.2) is 91.2 Å². The van der Waals surface area contributed by atoms with Crippen LogP contribution in [0.1, 0.15) is 18.2 Å². The summed E-state index contributed by atoms with van der Waals surface area (Å²) < 4.78 is 32.8. The first-order valence-corrected chi connectivity index (χ1v) is 11.0. The fourth-order valence-corrected chi connectivity index (χ4v) is 4.13. The molecule has 1 unspecified atom stereocenters. The summed E-state index contributed by atoms with van der Waals surface area (Å²) in [6.07, 6.45) is -11.2. The number of aromatic nitrogens is 2.